The van der Waals surface area contributed by atoms with E-state index >= 15 is 0 Å². The van der Waals surface area contributed by atoms with Crippen molar-refractivity contribution in [3.05, 3.63) is 56.7 Å². The van der Waals surface area contributed by atoms with Gasteiger partial charge >= 0.3 is 0 Å². The zero-order chi connectivity index (χ0) is 17.2. The summed E-state index contributed by atoms with van der Waals surface area (Å²) in [5, 5.41) is 6.14. The van der Waals surface area contributed by atoms with Crippen molar-refractivity contribution in [2.75, 3.05) is 13.1 Å². The SMILES string of the molecule is O=C(NCC(c1ccc(Cl)cc1)N1CCc2sccc2C1)C1CCC1. The van der Waals surface area contributed by atoms with Gasteiger partial charge in [-0.2, -0.15) is 0 Å². The maximum atomic E-state index is 12.3. The topological polar surface area (TPSA) is 32.3 Å². The van der Waals surface area contributed by atoms with Gasteiger partial charge in [0.2, 0.25) is 5.91 Å². The van der Waals surface area contributed by atoms with Gasteiger partial charge in [-0.25, -0.2) is 0 Å². The number of rotatable bonds is 5. The van der Waals surface area contributed by atoms with Crippen molar-refractivity contribution in [2.45, 2.75) is 38.3 Å². The summed E-state index contributed by atoms with van der Waals surface area (Å²) in [7, 11) is 0. The molecule has 1 unspecified atom stereocenters. The number of hydrogen-bond acceptors (Lipinski definition) is 3. The average molecular weight is 375 g/mol. The molecule has 0 spiro atoms. The molecule has 1 atom stereocenters. The fourth-order valence-corrected chi connectivity index (χ4v) is 4.71. The number of thiophene rings is 1. The molecule has 25 heavy (non-hydrogen) atoms. The van der Waals surface area contributed by atoms with Gasteiger partial charge in [0.25, 0.3) is 0 Å². The minimum absolute atomic E-state index is 0.189. The molecule has 2 heterocycles. The molecule has 0 radical (unpaired) electrons. The van der Waals surface area contributed by atoms with Crippen molar-refractivity contribution in [1.29, 1.82) is 0 Å². The number of carbonyl (C=O) groups excluding carboxylic acids is 1. The summed E-state index contributed by atoms with van der Waals surface area (Å²) >= 11 is 7.92. The molecular weight excluding hydrogens is 352 g/mol. The molecule has 0 saturated heterocycles. The van der Waals surface area contributed by atoms with E-state index in [1.807, 2.05) is 23.5 Å². The van der Waals surface area contributed by atoms with Crippen LogP contribution in [-0.4, -0.2) is 23.9 Å². The van der Waals surface area contributed by atoms with E-state index in [1.165, 1.54) is 22.4 Å². The molecule has 1 saturated carbocycles. The van der Waals surface area contributed by atoms with Crippen LogP contribution < -0.4 is 5.32 Å². The number of hydrogen-bond donors (Lipinski definition) is 1. The van der Waals surface area contributed by atoms with Gasteiger partial charge in [0, 0.05) is 35.5 Å². The number of halogens is 1. The highest BCUT2D eigenvalue weighted by Gasteiger charge is 2.29. The van der Waals surface area contributed by atoms with Gasteiger partial charge in [-0.05, 0) is 54.0 Å². The van der Waals surface area contributed by atoms with Crippen LogP contribution >= 0.6 is 22.9 Å². The van der Waals surface area contributed by atoms with Crippen LogP contribution in [0.2, 0.25) is 5.02 Å². The van der Waals surface area contributed by atoms with Crippen molar-refractivity contribution in [2.24, 2.45) is 5.92 Å². The molecule has 3 nitrogen and oxygen atoms in total. The van der Waals surface area contributed by atoms with Crippen LogP contribution in [0.5, 0.6) is 0 Å². The molecule has 1 aliphatic heterocycles. The third-order valence-electron chi connectivity index (χ3n) is 5.48. The number of amides is 1. The molecular formula is C20H23ClN2OS. The van der Waals surface area contributed by atoms with Gasteiger partial charge in [0.05, 0.1) is 6.04 Å². The summed E-state index contributed by atoms with van der Waals surface area (Å²) < 4.78 is 0. The Bertz CT molecular complexity index is 738. The van der Waals surface area contributed by atoms with E-state index in [0.29, 0.717) is 6.54 Å². The second kappa shape index (κ2) is 7.48. The van der Waals surface area contributed by atoms with Crippen molar-refractivity contribution in [3.8, 4) is 0 Å². The highest BCUT2D eigenvalue weighted by atomic mass is 35.5. The first kappa shape index (κ1) is 17.1. The zero-order valence-electron chi connectivity index (χ0n) is 14.2. The van der Waals surface area contributed by atoms with Crippen molar-refractivity contribution < 1.29 is 4.79 Å². The lowest BCUT2D eigenvalue weighted by Crippen LogP contribution is -2.42. The summed E-state index contributed by atoms with van der Waals surface area (Å²) in [6.07, 6.45) is 4.36. The lowest BCUT2D eigenvalue weighted by Gasteiger charge is -2.35. The molecule has 2 aliphatic rings. The Morgan fingerprint density at radius 2 is 2.08 bits per heavy atom. The fraction of sp³-hybridized carbons (Fsp3) is 0.450. The third kappa shape index (κ3) is 3.76. The number of nitrogens with zero attached hydrogens (tertiary/aromatic N) is 1. The van der Waals surface area contributed by atoms with Gasteiger partial charge < -0.3 is 5.32 Å². The van der Waals surface area contributed by atoms with Gasteiger partial charge in [-0.3, -0.25) is 9.69 Å². The van der Waals surface area contributed by atoms with Crippen LogP contribution in [-0.2, 0) is 17.8 Å². The van der Waals surface area contributed by atoms with Gasteiger partial charge in [-0.15, -0.1) is 11.3 Å². The van der Waals surface area contributed by atoms with Gasteiger partial charge in [-0.1, -0.05) is 30.2 Å². The van der Waals surface area contributed by atoms with Gasteiger partial charge in [0.15, 0.2) is 0 Å². The predicted octanol–water partition coefficient (Wildman–Crippen LogP) is 4.42. The maximum Gasteiger partial charge on any atom is 0.223 e. The molecule has 1 aliphatic carbocycles. The Balaban J connectivity index is 1.51. The minimum atomic E-state index is 0.189. The van der Waals surface area contributed by atoms with Crippen LogP contribution in [0.1, 0.15) is 41.3 Å². The van der Waals surface area contributed by atoms with E-state index in [9.17, 15) is 4.79 Å². The molecule has 2 aromatic rings. The second-order valence-corrected chi connectivity index (χ2v) is 8.47. The first-order chi connectivity index (χ1) is 12.2. The standard InChI is InChI=1S/C20H23ClN2OS/c21-17-6-4-14(5-7-17)18(12-22-20(24)15-2-1-3-15)23-10-8-19-16(13-23)9-11-25-19/h4-7,9,11,15,18H,1-3,8,10,12-13H2,(H,22,24). The number of carbonyl (C=O) groups is 1. The van der Waals surface area contributed by atoms with E-state index in [2.05, 4.69) is 33.8 Å². The molecule has 0 bridgehead atoms. The Morgan fingerprint density at radius 3 is 2.80 bits per heavy atom. The lowest BCUT2D eigenvalue weighted by molar-refractivity contribution is -0.127. The Hall–Kier alpha value is -1.36. The van der Waals surface area contributed by atoms with E-state index in [0.717, 1.165) is 37.4 Å². The molecule has 1 aromatic heterocycles. The van der Waals surface area contributed by atoms with E-state index < -0.39 is 0 Å². The number of nitrogens with one attached hydrogen (secondary N) is 1. The molecule has 1 N–H and O–H groups in total. The quantitative estimate of drug-likeness (QED) is 0.840. The largest absolute Gasteiger partial charge is 0.354 e. The molecule has 4 rings (SSSR count). The minimum Gasteiger partial charge on any atom is -0.354 e. The summed E-state index contributed by atoms with van der Waals surface area (Å²) in [6.45, 7) is 2.64. The smallest absolute Gasteiger partial charge is 0.223 e. The first-order valence-electron chi connectivity index (χ1n) is 9.03. The Labute approximate surface area is 158 Å². The van der Waals surface area contributed by atoms with Crippen molar-refractivity contribution in [1.82, 2.24) is 10.2 Å². The van der Waals surface area contributed by atoms with E-state index in [4.69, 9.17) is 11.6 Å². The number of benzene rings is 1. The summed E-state index contributed by atoms with van der Waals surface area (Å²) in [6, 6.07) is 10.5. The van der Waals surface area contributed by atoms with Crippen LogP contribution in [0, 0.1) is 5.92 Å². The predicted molar refractivity (Wildman–Crippen MR) is 103 cm³/mol. The molecule has 1 amide bonds. The highest BCUT2D eigenvalue weighted by Crippen LogP contribution is 2.31. The van der Waals surface area contributed by atoms with Crippen LogP contribution in [0.4, 0.5) is 0 Å². The lowest BCUT2D eigenvalue weighted by atomic mass is 9.85. The molecule has 1 aromatic carbocycles. The van der Waals surface area contributed by atoms with E-state index in [1.54, 1.807) is 0 Å². The van der Waals surface area contributed by atoms with Crippen LogP contribution in [0.25, 0.3) is 0 Å². The normalized spacial score (nSPS) is 19.1. The molecule has 132 valence electrons. The van der Waals surface area contributed by atoms with Crippen LogP contribution in [0.3, 0.4) is 0 Å². The number of fused-ring (bicyclic) bond motifs is 1. The molecule has 5 heteroatoms. The fourth-order valence-electron chi connectivity index (χ4n) is 3.69. The monoisotopic (exact) mass is 374 g/mol. The summed E-state index contributed by atoms with van der Waals surface area (Å²) in [5.74, 6) is 0.453. The van der Waals surface area contributed by atoms with E-state index in [-0.39, 0.29) is 17.9 Å². The van der Waals surface area contributed by atoms with Crippen molar-refractivity contribution >= 4 is 28.8 Å². The maximum absolute atomic E-state index is 12.3. The zero-order valence-corrected chi connectivity index (χ0v) is 15.8. The highest BCUT2D eigenvalue weighted by molar-refractivity contribution is 7.10. The second-order valence-electron chi connectivity index (χ2n) is 7.03. The summed E-state index contributed by atoms with van der Waals surface area (Å²) in [4.78, 5) is 16.3. The molecule has 1 fully saturated rings. The third-order valence-corrected chi connectivity index (χ3v) is 6.75. The van der Waals surface area contributed by atoms with Gasteiger partial charge in [0.1, 0.15) is 0 Å². The van der Waals surface area contributed by atoms with Crippen molar-refractivity contribution in [3.63, 3.8) is 0 Å². The summed E-state index contributed by atoms with van der Waals surface area (Å²) in [5.41, 5.74) is 2.65. The Morgan fingerprint density at radius 1 is 1.28 bits per heavy atom. The Kier molecular flexibility index (Phi) is 5.11. The van der Waals surface area contributed by atoms with Crippen LogP contribution in [0.15, 0.2) is 35.7 Å². The average Bonchev–Trinajstić information content (AvgIpc) is 3.03. The first-order valence-corrected chi connectivity index (χ1v) is 10.3.